The molecule has 0 spiro atoms. The minimum Gasteiger partial charge on any atom is -0.390 e. The third kappa shape index (κ3) is 2.15. The Hall–Kier alpha value is -1.60. The molecule has 1 aliphatic rings. The van der Waals surface area contributed by atoms with Crippen LogP contribution in [0, 0.1) is 11.3 Å². The Kier molecular flexibility index (Phi) is 2.80. The molecule has 1 aromatic heterocycles. The molecular weight excluding hydrogens is 202 g/mol. The molecule has 0 saturated carbocycles. The fraction of sp³-hybridized carbons (Fsp3) is 0.500. The highest BCUT2D eigenvalue weighted by molar-refractivity contribution is 5.58. The number of nitrogens with zero attached hydrogens (tertiary/aromatic N) is 3. The Labute approximate surface area is 95.1 Å². The van der Waals surface area contributed by atoms with Crippen LogP contribution < -0.4 is 4.90 Å². The Balaban J connectivity index is 2.18. The normalized spacial score (nSPS) is 19.2. The van der Waals surface area contributed by atoms with Gasteiger partial charge in [-0.25, -0.2) is 0 Å². The van der Waals surface area contributed by atoms with Gasteiger partial charge in [0.25, 0.3) is 0 Å². The first-order valence-electron chi connectivity index (χ1n) is 5.44. The molecule has 0 amide bonds. The average molecular weight is 217 g/mol. The van der Waals surface area contributed by atoms with Crippen molar-refractivity contribution >= 4 is 5.69 Å². The first kappa shape index (κ1) is 10.9. The number of pyridine rings is 1. The van der Waals surface area contributed by atoms with E-state index in [1.807, 2.05) is 13.0 Å². The van der Waals surface area contributed by atoms with Crippen molar-refractivity contribution in [2.24, 2.45) is 0 Å². The number of nitriles is 1. The topological polar surface area (TPSA) is 60.1 Å². The summed E-state index contributed by atoms with van der Waals surface area (Å²) < 4.78 is 0. The smallest absolute Gasteiger partial charge is 0.103 e. The van der Waals surface area contributed by atoms with E-state index in [2.05, 4.69) is 16.0 Å². The number of anilines is 1. The number of hydrogen-bond donors (Lipinski definition) is 1. The Bertz CT molecular complexity index is 413. The molecule has 0 radical (unpaired) electrons. The monoisotopic (exact) mass is 217 g/mol. The second-order valence-electron chi connectivity index (χ2n) is 4.49. The molecule has 4 heteroatoms. The highest BCUT2D eigenvalue weighted by atomic mass is 16.3. The minimum atomic E-state index is -0.559. The largest absolute Gasteiger partial charge is 0.390 e. The van der Waals surface area contributed by atoms with Gasteiger partial charge in [0.05, 0.1) is 16.9 Å². The first-order valence-corrected chi connectivity index (χ1v) is 5.44. The highest BCUT2D eigenvalue weighted by Gasteiger charge is 2.28. The maximum absolute atomic E-state index is 9.86. The van der Waals surface area contributed by atoms with Crippen molar-refractivity contribution in [2.45, 2.75) is 25.4 Å². The molecule has 0 bridgehead atoms. The number of aromatic nitrogens is 1. The lowest BCUT2D eigenvalue weighted by molar-refractivity contribution is 0.0351. The van der Waals surface area contributed by atoms with E-state index in [9.17, 15) is 5.11 Å². The van der Waals surface area contributed by atoms with Gasteiger partial charge in [-0.1, -0.05) is 0 Å². The average Bonchev–Trinajstić information content (AvgIpc) is 2.29. The maximum Gasteiger partial charge on any atom is 0.103 e. The summed E-state index contributed by atoms with van der Waals surface area (Å²) >= 11 is 0. The second-order valence-corrected chi connectivity index (χ2v) is 4.49. The van der Waals surface area contributed by atoms with E-state index in [0.717, 1.165) is 31.6 Å². The Morgan fingerprint density at radius 3 is 2.81 bits per heavy atom. The molecule has 1 saturated heterocycles. The van der Waals surface area contributed by atoms with Gasteiger partial charge in [-0.05, 0) is 25.8 Å². The first-order chi connectivity index (χ1) is 7.62. The van der Waals surface area contributed by atoms with Crippen molar-refractivity contribution in [1.82, 2.24) is 4.98 Å². The zero-order chi connectivity index (χ0) is 11.6. The molecule has 1 fully saturated rings. The summed E-state index contributed by atoms with van der Waals surface area (Å²) in [5.41, 5.74) is 0.966. The van der Waals surface area contributed by atoms with Crippen molar-refractivity contribution < 1.29 is 5.11 Å². The predicted molar refractivity (Wildman–Crippen MR) is 61.0 cm³/mol. The van der Waals surface area contributed by atoms with Crippen molar-refractivity contribution in [1.29, 1.82) is 5.26 Å². The fourth-order valence-electron chi connectivity index (χ4n) is 1.98. The molecule has 1 aliphatic heterocycles. The Morgan fingerprint density at radius 2 is 2.19 bits per heavy atom. The minimum absolute atomic E-state index is 0.559. The molecule has 2 rings (SSSR count). The number of piperidine rings is 1. The summed E-state index contributed by atoms with van der Waals surface area (Å²) in [6, 6.07) is 4.01. The van der Waals surface area contributed by atoms with Gasteiger partial charge in [0.1, 0.15) is 6.07 Å². The SMILES string of the molecule is CC1(O)CCN(c2ccncc2C#N)CC1. The molecule has 0 unspecified atom stereocenters. The van der Waals surface area contributed by atoms with Gasteiger partial charge in [0.2, 0.25) is 0 Å². The third-order valence-electron chi connectivity index (χ3n) is 3.10. The zero-order valence-corrected chi connectivity index (χ0v) is 9.35. The van der Waals surface area contributed by atoms with Crippen LogP contribution in [0.2, 0.25) is 0 Å². The fourth-order valence-corrected chi connectivity index (χ4v) is 1.98. The standard InChI is InChI=1S/C12H15N3O/c1-12(16)3-6-15(7-4-12)11-2-5-14-9-10(11)8-13/h2,5,9,16H,3-4,6-7H2,1H3. The van der Waals surface area contributed by atoms with Crippen molar-refractivity contribution in [3.8, 4) is 6.07 Å². The summed E-state index contributed by atoms with van der Waals surface area (Å²) in [6.07, 6.45) is 4.76. The van der Waals surface area contributed by atoms with Crippen LogP contribution in [0.5, 0.6) is 0 Å². The molecule has 4 nitrogen and oxygen atoms in total. The number of aliphatic hydroxyl groups is 1. The molecule has 0 atom stereocenters. The van der Waals surface area contributed by atoms with E-state index in [1.54, 1.807) is 12.4 Å². The van der Waals surface area contributed by atoms with Crippen LogP contribution in [0.1, 0.15) is 25.3 Å². The maximum atomic E-state index is 9.86. The molecule has 84 valence electrons. The molecule has 16 heavy (non-hydrogen) atoms. The van der Waals surface area contributed by atoms with Crippen LogP contribution >= 0.6 is 0 Å². The molecule has 1 aromatic rings. The van der Waals surface area contributed by atoms with Gasteiger partial charge < -0.3 is 10.0 Å². The van der Waals surface area contributed by atoms with E-state index >= 15 is 0 Å². The predicted octanol–water partition coefficient (Wildman–Crippen LogP) is 1.30. The molecule has 2 heterocycles. The van der Waals surface area contributed by atoms with Gasteiger partial charge in [-0.3, -0.25) is 4.98 Å². The lowest BCUT2D eigenvalue weighted by Crippen LogP contribution is -2.42. The van der Waals surface area contributed by atoms with Crippen molar-refractivity contribution in [2.75, 3.05) is 18.0 Å². The number of hydrogen-bond acceptors (Lipinski definition) is 4. The van der Waals surface area contributed by atoms with Crippen molar-refractivity contribution in [3.05, 3.63) is 24.0 Å². The van der Waals surface area contributed by atoms with Gasteiger partial charge >= 0.3 is 0 Å². The van der Waals surface area contributed by atoms with Gasteiger partial charge in [-0.15, -0.1) is 0 Å². The molecule has 1 N–H and O–H groups in total. The number of rotatable bonds is 1. The Morgan fingerprint density at radius 1 is 1.50 bits per heavy atom. The van der Waals surface area contributed by atoms with E-state index in [0.29, 0.717) is 5.56 Å². The van der Waals surface area contributed by atoms with Gasteiger partial charge in [0, 0.05) is 25.5 Å². The summed E-state index contributed by atoms with van der Waals surface area (Å²) in [4.78, 5) is 6.08. The zero-order valence-electron chi connectivity index (χ0n) is 9.35. The molecular formula is C12H15N3O. The van der Waals surface area contributed by atoms with Crippen LogP contribution in [0.15, 0.2) is 18.5 Å². The van der Waals surface area contributed by atoms with Gasteiger partial charge in [0.15, 0.2) is 0 Å². The van der Waals surface area contributed by atoms with E-state index in [-0.39, 0.29) is 0 Å². The summed E-state index contributed by atoms with van der Waals surface area (Å²) in [5, 5.41) is 18.8. The lowest BCUT2D eigenvalue weighted by Gasteiger charge is -2.37. The second kappa shape index (κ2) is 4.11. The summed E-state index contributed by atoms with van der Waals surface area (Å²) in [5.74, 6) is 0. The quantitative estimate of drug-likeness (QED) is 0.770. The summed E-state index contributed by atoms with van der Waals surface area (Å²) in [7, 11) is 0. The van der Waals surface area contributed by atoms with Crippen molar-refractivity contribution in [3.63, 3.8) is 0 Å². The lowest BCUT2D eigenvalue weighted by atomic mass is 9.93. The van der Waals surface area contributed by atoms with Crippen LogP contribution in [-0.4, -0.2) is 28.8 Å². The van der Waals surface area contributed by atoms with Crippen LogP contribution in [-0.2, 0) is 0 Å². The van der Waals surface area contributed by atoms with Crippen LogP contribution in [0.25, 0.3) is 0 Å². The molecule has 0 aromatic carbocycles. The highest BCUT2D eigenvalue weighted by Crippen LogP contribution is 2.27. The third-order valence-corrected chi connectivity index (χ3v) is 3.10. The van der Waals surface area contributed by atoms with Crippen LogP contribution in [0.3, 0.4) is 0 Å². The van der Waals surface area contributed by atoms with E-state index in [4.69, 9.17) is 5.26 Å². The molecule has 0 aliphatic carbocycles. The van der Waals surface area contributed by atoms with E-state index < -0.39 is 5.60 Å². The van der Waals surface area contributed by atoms with Gasteiger partial charge in [-0.2, -0.15) is 5.26 Å². The summed E-state index contributed by atoms with van der Waals surface area (Å²) in [6.45, 7) is 3.43. The van der Waals surface area contributed by atoms with E-state index in [1.165, 1.54) is 0 Å². The van der Waals surface area contributed by atoms with Crippen LogP contribution in [0.4, 0.5) is 5.69 Å².